The number of carbonyl (C=O) groups is 2. The summed E-state index contributed by atoms with van der Waals surface area (Å²) in [4.78, 5) is 24.4. The Morgan fingerprint density at radius 2 is 1.85 bits per heavy atom. The molecular weight excluding hydrogens is 342 g/mol. The Kier molecular flexibility index (Phi) is 4.57. The van der Waals surface area contributed by atoms with E-state index in [0.29, 0.717) is 22.6 Å². The first-order valence-electron chi connectivity index (χ1n) is 5.81. The molecule has 2 rings (SSSR count). The first-order valence-corrected chi connectivity index (χ1v) is 6.98. The fourth-order valence-corrected chi connectivity index (χ4v) is 2.50. The van der Waals surface area contributed by atoms with Crippen LogP contribution in [-0.2, 0) is 4.79 Å². The van der Waals surface area contributed by atoms with Crippen molar-refractivity contribution in [2.75, 3.05) is 11.9 Å². The average Bonchev–Trinajstić information content (AvgIpc) is 2.46. The van der Waals surface area contributed by atoms with E-state index in [1.54, 1.807) is 49.5 Å². The van der Waals surface area contributed by atoms with Crippen LogP contribution in [0.15, 0.2) is 46.9 Å². The number of ketones is 1. The van der Waals surface area contributed by atoms with Gasteiger partial charge in [0, 0.05) is 28.3 Å². The number of amides is 1. The zero-order chi connectivity index (χ0) is 14.7. The molecule has 102 valence electrons. The van der Waals surface area contributed by atoms with E-state index in [2.05, 4.69) is 15.9 Å². The molecule has 0 saturated carbocycles. The van der Waals surface area contributed by atoms with Crippen LogP contribution < -0.4 is 4.90 Å². The molecule has 0 unspecified atom stereocenters. The third kappa shape index (κ3) is 3.08. The molecule has 0 aliphatic rings. The molecule has 0 radical (unpaired) electrons. The molecule has 0 atom stereocenters. The van der Waals surface area contributed by atoms with Gasteiger partial charge in [0.15, 0.2) is 5.78 Å². The fraction of sp³-hybridized carbons (Fsp3) is 0.0667. The summed E-state index contributed by atoms with van der Waals surface area (Å²) in [5, 5.41) is 0.401. The van der Waals surface area contributed by atoms with Gasteiger partial charge >= 0.3 is 0 Å². The highest BCUT2D eigenvalue weighted by Gasteiger charge is 2.13. The molecule has 0 aromatic heterocycles. The molecule has 0 bridgehead atoms. The molecular formula is C15H11BrClNO2. The molecule has 1 amide bonds. The van der Waals surface area contributed by atoms with Crippen molar-refractivity contribution in [3.8, 4) is 0 Å². The molecule has 20 heavy (non-hydrogen) atoms. The summed E-state index contributed by atoms with van der Waals surface area (Å²) >= 11 is 9.37. The van der Waals surface area contributed by atoms with Gasteiger partial charge in [-0.05, 0) is 42.5 Å². The molecule has 0 saturated heterocycles. The lowest BCUT2D eigenvalue weighted by molar-refractivity contribution is -0.107. The van der Waals surface area contributed by atoms with E-state index in [9.17, 15) is 9.59 Å². The quantitative estimate of drug-likeness (QED) is 0.617. The Hall–Kier alpha value is -1.65. The lowest BCUT2D eigenvalue weighted by Crippen LogP contribution is -2.13. The molecule has 5 heteroatoms. The number of rotatable bonds is 4. The lowest BCUT2D eigenvalue weighted by Gasteiger charge is -2.11. The van der Waals surface area contributed by atoms with Crippen molar-refractivity contribution in [2.45, 2.75) is 0 Å². The minimum Gasteiger partial charge on any atom is -0.318 e. The van der Waals surface area contributed by atoms with Gasteiger partial charge in [-0.3, -0.25) is 9.59 Å². The molecule has 0 aliphatic heterocycles. The Morgan fingerprint density at radius 3 is 2.40 bits per heavy atom. The summed E-state index contributed by atoms with van der Waals surface area (Å²) in [6, 6.07) is 11.9. The van der Waals surface area contributed by atoms with Crippen molar-refractivity contribution in [3.05, 3.63) is 63.1 Å². The minimum absolute atomic E-state index is 0.150. The zero-order valence-electron chi connectivity index (χ0n) is 10.6. The van der Waals surface area contributed by atoms with E-state index in [1.165, 1.54) is 4.90 Å². The van der Waals surface area contributed by atoms with Crippen molar-refractivity contribution >= 4 is 45.4 Å². The standard InChI is InChI=1S/C15H11BrClNO2/c1-18(9-19)12-5-2-10(3-6-12)15(20)13-7-4-11(16)8-14(13)17/h2-9H,1H3. The maximum atomic E-state index is 12.3. The van der Waals surface area contributed by atoms with Crippen molar-refractivity contribution in [1.82, 2.24) is 0 Å². The van der Waals surface area contributed by atoms with Crippen LogP contribution in [0.2, 0.25) is 5.02 Å². The van der Waals surface area contributed by atoms with Gasteiger partial charge in [0.25, 0.3) is 0 Å². The number of hydrogen-bond donors (Lipinski definition) is 0. The Bertz CT molecular complexity index is 655. The monoisotopic (exact) mass is 351 g/mol. The molecule has 0 spiro atoms. The van der Waals surface area contributed by atoms with Crippen LogP contribution in [0.1, 0.15) is 15.9 Å². The maximum absolute atomic E-state index is 12.3. The van der Waals surface area contributed by atoms with Crippen molar-refractivity contribution < 1.29 is 9.59 Å². The van der Waals surface area contributed by atoms with E-state index < -0.39 is 0 Å². The summed E-state index contributed by atoms with van der Waals surface area (Å²) in [6.45, 7) is 0. The summed E-state index contributed by atoms with van der Waals surface area (Å²) in [5.74, 6) is -0.150. The predicted octanol–water partition coefficient (Wildman–Crippen LogP) is 3.93. The molecule has 2 aromatic rings. The topological polar surface area (TPSA) is 37.4 Å². The van der Waals surface area contributed by atoms with Gasteiger partial charge < -0.3 is 4.90 Å². The molecule has 0 fully saturated rings. The molecule has 3 nitrogen and oxygen atoms in total. The third-order valence-electron chi connectivity index (χ3n) is 2.87. The predicted molar refractivity (Wildman–Crippen MR) is 83.5 cm³/mol. The number of anilines is 1. The first kappa shape index (κ1) is 14.8. The zero-order valence-corrected chi connectivity index (χ0v) is 13.0. The molecule has 0 aliphatic carbocycles. The number of hydrogen-bond acceptors (Lipinski definition) is 2. The van der Waals surface area contributed by atoms with Gasteiger partial charge in [-0.25, -0.2) is 0 Å². The molecule has 0 heterocycles. The average molecular weight is 353 g/mol. The van der Waals surface area contributed by atoms with Gasteiger partial charge in [-0.1, -0.05) is 27.5 Å². The molecule has 2 aromatic carbocycles. The summed E-state index contributed by atoms with van der Waals surface area (Å²) in [5.41, 5.74) is 1.70. The van der Waals surface area contributed by atoms with E-state index >= 15 is 0 Å². The first-order chi connectivity index (χ1) is 9.52. The minimum atomic E-state index is -0.150. The van der Waals surface area contributed by atoms with Crippen molar-refractivity contribution in [3.63, 3.8) is 0 Å². The lowest BCUT2D eigenvalue weighted by atomic mass is 10.0. The highest BCUT2D eigenvalue weighted by molar-refractivity contribution is 9.10. The normalized spacial score (nSPS) is 10.2. The van der Waals surface area contributed by atoms with E-state index in [0.717, 1.165) is 10.2 Å². The Balaban J connectivity index is 2.31. The summed E-state index contributed by atoms with van der Waals surface area (Å²) in [6.07, 6.45) is 0.711. The van der Waals surface area contributed by atoms with Gasteiger partial charge in [0.2, 0.25) is 6.41 Å². The number of benzene rings is 2. The van der Waals surface area contributed by atoms with Gasteiger partial charge in [-0.15, -0.1) is 0 Å². The third-order valence-corrected chi connectivity index (χ3v) is 3.68. The van der Waals surface area contributed by atoms with Gasteiger partial charge in [-0.2, -0.15) is 0 Å². The van der Waals surface area contributed by atoms with Crippen LogP contribution in [-0.4, -0.2) is 19.2 Å². The van der Waals surface area contributed by atoms with Crippen LogP contribution in [0.4, 0.5) is 5.69 Å². The number of halogens is 2. The smallest absolute Gasteiger partial charge is 0.213 e. The van der Waals surface area contributed by atoms with E-state index in [-0.39, 0.29) is 5.78 Å². The second-order valence-corrected chi connectivity index (χ2v) is 5.54. The summed E-state index contributed by atoms with van der Waals surface area (Å²) in [7, 11) is 1.65. The second kappa shape index (κ2) is 6.20. The second-order valence-electron chi connectivity index (χ2n) is 4.22. The van der Waals surface area contributed by atoms with E-state index in [4.69, 9.17) is 11.6 Å². The van der Waals surface area contributed by atoms with Crippen LogP contribution >= 0.6 is 27.5 Å². The number of carbonyl (C=O) groups excluding carboxylic acids is 2. The largest absolute Gasteiger partial charge is 0.318 e. The summed E-state index contributed by atoms with van der Waals surface area (Å²) < 4.78 is 0.821. The van der Waals surface area contributed by atoms with Gasteiger partial charge in [0.05, 0.1) is 5.02 Å². The molecule has 0 N–H and O–H groups in total. The maximum Gasteiger partial charge on any atom is 0.213 e. The van der Waals surface area contributed by atoms with Crippen molar-refractivity contribution in [1.29, 1.82) is 0 Å². The SMILES string of the molecule is CN(C=O)c1ccc(C(=O)c2ccc(Br)cc2Cl)cc1. The van der Waals surface area contributed by atoms with Crippen LogP contribution in [0.25, 0.3) is 0 Å². The Labute approximate surface area is 130 Å². The van der Waals surface area contributed by atoms with Crippen LogP contribution in [0, 0.1) is 0 Å². The van der Waals surface area contributed by atoms with Crippen LogP contribution in [0.5, 0.6) is 0 Å². The Morgan fingerprint density at radius 1 is 1.20 bits per heavy atom. The van der Waals surface area contributed by atoms with Crippen LogP contribution in [0.3, 0.4) is 0 Å². The highest BCUT2D eigenvalue weighted by Crippen LogP contribution is 2.24. The highest BCUT2D eigenvalue weighted by atomic mass is 79.9. The van der Waals surface area contributed by atoms with Crippen molar-refractivity contribution in [2.24, 2.45) is 0 Å². The van der Waals surface area contributed by atoms with Gasteiger partial charge in [0.1, 0.15) is 0 Å². The fourth-order valence-electron chi connectivity index (χ4n) is 1.74. The van der Waals surface area contributed by atoms with E-state index in [1.807, 2.05) is 0 Å². The number of nitrogens with zero attached hydrogens (tertiary/aromatic N) is 1.